The number of amides is 1. The van der Waals surface area contributed by atoms with Gasteiger partial charge < -0.3 is 15.4 Å². The van der Waals surface area contributed by atoms with E-state index in [0.29, 0.717) is 16.3 Å². The highest BCUT2D eigenvalue weighted by atomic mass is 35.5. The van der Waals surface area contributed by atoms with Crippen LogP contribution in [0.4, 0.5) is 14.5 Å². The maximum atomic E-state index is 11.9. The van der Waals surface area contributed by atoms with Crippen LogP contribution < -0.4 is 10.6 Å². The Hall–Kier alpha value is -1.40. The first-order valence-electron chi connectivity index (χ1n) is 5.66. The van der Waals surface area contributed by atoms with E-state index in [1.165, 1.54) is 6.07 Å². The average molecular weight is 293 g/mol. The van der Waals surface area contributed by atoms with Gasteiger partial charge in [0.25, 0.3) is 12.3 Å². The van der Waals surface area contributed by atoms with Gasteiger partial charge in [0.2, 0.25) is 0 Å². The van der Waals surface area contributed by atoms with Gasteiger partial charge in [0.05, 0.1) is 12.2 Å². The summed E-state index contributed by atoms with van der Waals surface area (Å²) in [6.45, 7) is -0.443. The monoisotopic (exact) mass is 292 g/mol. The zero-order valence-corrected chi connectivity index (χ0v) is 11.1. The molecule has 0 radical (unpaired) electrons. The Morgan fingerprint density at radius 2 is 2.21 bits per heavy atom. The van der Waals surface area contributed by atoms with Crippen LogP contribution in [0.15, 0.2) is 18.2 Å². The Morgan fingerprint density at radius 1 is 1.47 bits per heavy atom. The number of alkyl halides is 2. The fourth-order valence-electron chi connectivity index (χ4n) is 1.43. The van der Waals surface area contributed by atoms with Crippen molar-refractivity contribution in [1.82, 2.24) is 5.32 Å². The summed E-state index contributed by atoms with van der Waals surface area (Å²) in [5.74, 6) is -0.340. The molecule has 0 atom stereocenters. The molecule has 0 aromatic heterocycles. The normalized spacial score (nSPS) is 10.6. The number of carbonyl (C=O) groups excluding carboxylic acids is 1. The molecule has 19 heavy (non-hydrogen) atoms. The standard InChI is InChI=1S/C12H15ClF2N2O2/c1-16-10-3-2-8(13)6-9(10)12(18)17-4-5-19-7-11(14)15/h2-3,6,11,16H,4-5,7H2,1H3,(H,17,18). The number of rotatable bonds is 7. The molecule has 0 heterocycles. The molecule has 1 aromatic rings. The van der Waals surface area contributed by atoms with Gasteiger partial charge in [0.15, 0.2) is 0 Å². The van der Waals surface area contributed by atoms with Gasteiger partial charge in [-0.1, -0.05) is 11.6 Å². The molecule has 1 amide bonds. The van der Waals surface area contributed by atoms with E-state index in [0.717, 1.165) is 0 Å². The minimum Gasteiger partial charge on any atom is -0.387 e. The third kappa shape index (κ3) is 5.40. The van der Waals surface area contributed by atoms with Crippen LogP contribution in [0.3, 0.4) is 0 Å². The largest absolute Gasteiger partial charge is 0.387 e. The molecule has 1 rings (SSSR count). The number of benzene rings is 1. The predicted molar refractivity (Wildman–Crippen MR) is 70.2 cm³/mol. The molecule has 4 nitrogen and oxygen atoms in total. The van der Waals surface area contributed by atoms with Crippen LogP contribution in [0, 0.1) is 0 Å². The lowest BCUT2D eigenvalue weighted by Gasteiger charge is -2.10. The van der Waals surface area contributed by atoms with Crippen molar-refractivity contribution in [2.24, 2.45) is 0 Å². The van der Waals surface area contributed by atoms with Gasteiger partial charge in [0.1, 0.15) is 6.61 Å². The van der Waals surface area contributed by atoms with E-state index in [-0.39, 0.29) is 19.1 Å². The van der Waals surface area contributed by atoms with Gasteiger partial charge in [-0.3, -0.25) is 4.79 Å². The third-order valence-corrected chi connectivity index (χ3v) is 2.51. The molecular weight excluding hydrogens is 278 g/mol. The minimum absolute atomic E-state index is 0.0333. The highest BCUT2D eigenvalue weighted by Gasteiger charge is 2.11. The number of carbonyl (C=O) groups is 1. The lowest BCUT2D eigenvalue weighted by Crippen LogP contribution is -2.28. The van der Waals surface area contributed by atoms with Crippen molar-refractivity contribution in [2.75, 3.05) is 32.1 Å². The van der Waals surface area contributed by atoms with Gasteiger partial charge in [-0.25, -0.2) is 8.78 Å². The molecule has 0 unspecified atom stereocenters. The van der Waals surface area contributed by atoms with E-state index >= 15 is 0 Å². The van der Waals surface area contributed by atoms with E-state index in [9.17, 15) is 13.6 Å². The van der Waals surface area contributed by atoms with Gasteiger partial charge in [-0.05, 0) is 18.2 Å². The van der Waals surface area contributed by atoms with Crippen molar-refractivity contribution in [1.29, 1.82) is 0 Å². The lowest BCUT2D eigenvalue weighted by molar-refractivity contribution is 0.0188. The molecule has 2 N–H and O–H groups in total. The summed E-state index contributed by atoms with van der Waals surface area (Å²) in [5.41, 5.74) is 1.03. The second-order valence-electron chi connectivity index (χ2n) is 3.66. The fourth-order valence-corrected chi connectivity index (χ4v) is 1.60. The van der Waals surface area contributed by atoms with Crippen molar-refractivity contribution < 1.29 is 18.3 Å². The zero-order chi connectivity index (χ0) is 14.3. The average Bonchev–Trinajstić information content (AvgIpc) is 2.37. The smallest absolute Gasteiger partial charge is 0.261 e. The summed E-state index contributed by atoms with van der Waals surface area (Å²) < 4.78 is 28.2. The van der Waals surface area contributed by atoms with Gasteiger partial charge in [0, 0.05) is 24.3 Å². The number of hydrogen-bond donors (Lipinski definition) is 2. The molecule has 0 saturated carbocycles. The summed E-state index contributed by atoms with van der Waals surface area (Å²) >= 11 is 5.82. The summed E-state index contributed by atoms with van der Waals surface area (Å²) in [7, 11) is 1.69. The molecule has 7 heteroatoms. The van der Waals surface area contributed by atoms with Crippen molar-refractivity contribution in [3.05, 3.63) is 28.8 Å². The molecule has 106 valence electrons. The molecule has 0 aliphatic heterocycles. The Kier molecular flexibility index (Phi) is 6.52. The van der Waals surface area contributed by atoms with Crippen LogP contribution in [0.5, 0.6) is 0 Å². The highest BCUT2D eigenvalue weighted by Crippen LogP contribution is 2.20. The Labute approximate surface area is 115 Å². The van der Waals surface area contributed by atoms with Crippen LogP contribution in [0.25, 0.3) is 0 Å². The Bertz CT molecular complexity index is 430. The first-order valence-corrected chi connectivity index (χ1v) is 6.03. The molecule has 0 saturated heterocycles. The van der Waals surface area contributed by atoms with Crippen molar-refractivity contribution in [3.63, 3.8) is 0 Å². The molecule has 0 aliphatic carbocycles. The maximum absolute atomic E-state index is 11.9. The van der Waals surface area contributed by atoms with E-state index < -0.39 is 13.0 Å². The number of anilines is 1. The van der Waals surface area contributed by atoms with Gasteiger partial charge in [-0.2, -0.15) is 0 Å². The van der Waals surface area contributed by atoms with Crippen molar-refractivity contribution >= 4 is 23.2 Å². The van der Waals surface area contributed by atoms with E-state index in [1.807, 2.05) is 0 Å². The van der Waals surface area contributed by atoms with Crippen LogP contribution in [0.1, 0.15) is 10.4 Å². The number of halogens is 3. The predicted octanol–water partition coefficient (Wildman–Crippen LogP) is 2.39. The summed E-state index contributed by atoms with van der Waals surface area (Å²) in [5, 5.41) is 5.88. The topological polar surface area (TPSA) is 50.4 Å². The fraction of sp³-hybridized carbons (Fsp3) is 0.417. The highest BCUT2D eigenvalue weighted by molar-refractivity contribution is 6.31. The van der Waals surface area contributed by atoms with Crippen LogP contribution >= 0.6 is 11.6 Å². The first kappa shape index (κ1) is 15.7. The summed E-state index contributed by atoms with van der Waals surface area (Å²) in [6, 6.07) is 4.88. The molecule has 1 aromatic carbocycles. The Balaban J connectivity index is 2.47. The molecule has 0 fully saturated rings. The van der Waals surface area contributed by atoms with Crippen LogP contribution in [-0.4, -0.2) is 39.1 Å². The van der Waals surface area contributed by atoms with Crippen LogP contribution in [-0.2, 0) is 4.74 Å². The van der Waals surface area contributed by atoms with Crippen molar-refractivity contribution in [2.45, 2.75) is 6.43 Å². The molecule has 0 aliphatic rings. The van der Waals surface area contributed by atoms with Gasteiger partial charge in [-0.15, -0.1) is 0 Å². The van der Waals surface area contributed by atoms with Crippen LogP contribution in [0.2, 0.25) is 5.02 Å². The number of nitrogens with one attached hydrogen (secondary N) is 2. The third-order valence-electron chi connectivity index (χ3n) is 2.27. The van der Waals surface area contributed by atoms with E-state index in [1.54, 1.807) is 19.2 Å². The lowest BCUT2D eigenvalue weighted by atomic mass is 10.1. The summed E-state index contributed by atoms with van der Waals surface area (Å²) in [4.78, 5) is 11.9. The van der Waals surface area contributed by atoms with Crippen molar-refractivity contribution in [3.8, 4) is 0 Å². The molecule has 0 spiro atoms. The SMILES string of the molecule is CNc1ccc(Cl)cc1C(=O)NCCOCC(F)F. The number of ether oxygens (including phenoxy) is 1. The second kappa shape index (κ2) is 7.91. The van der Waals surface area contributed by atoms with E-state index in [4.69, 9.17) is 11.6 Å². The minimum atomic E-state index is -2.50. The number of hydrogen-bond acceptors (Lipinski definition) is 3. The zero-order valence-electron chi connectivity index (χ0n) is 10.4. The summed E-state index contributed by atoms with van der Waals surface area (Å²) in [6.07, 6.45) is -2.50. The molecule has 0 bridgehead atoms. The first-order chi connectivity index (χ1) is 9.04. The van der Waals surface area contributed by atoms with E-state index in [2.05, 4.69) is 15.4 Å². The van der Waals surface area contributed by atoms with Gasteiger partial charge >= 0.3 is 0 Å². The Morgan fingerprint density at radius 3 is 2.84 bits per heavy atom. The second-order valence-corrected chi connectivity index (χ2v) is 4.10. The molecular formula is C12H15ClF2N2O2. The maximum Gasteiger partial charge on any atom is 0.261 e. The quantitative estimate of drug-likeness (QED) is 0.759.